The number of anilines is 2. The molecule has 2 aliphatic heterocycles. The Hall–Kier alpha value is -3.54. The molecule has 0 saturated carbocycles. The lowest BCUT2D eigenvalue weighted by atomic mass is 10.1. The number of nitrogens with zero attached hydrogens (tertiary/aromatic N) is 8. The molecule has 0 N–H and O–H groups in total. The number of imidazole rings is 1. The Bertz CT molecular complexity index is 1270. The second-order valence-corrected chi connectivity index (χ2v) is 9.64. The number of fused-ring (bicyclic) bond motifs is 1. The quantitative estimate of drug-likeness (QED) is 0.529. The third kappa shape index (κ3) is 4.77. The van der Waals surface area contributed by atoms with Gasteiger partial charge in [0.1, 0.15) is 11.6 Å². The lowest BCUT2D eigenvalue weighted by Crippen LogP contribution is -2.52. The van der Waals surface area contributed by atoms with Gasteiger partial charge in [0, 0.05) is 52.9 Å². The number of hydrogen-bond donors (Lipinski definition) is 0. The van der Waals surface area contributed by atoms with Crippen LogP contribution in [0.2, 0.25) is 0 Å². The van der Waals surface area contributed by atoms with E-state index in [9.17, 15) is 13.6 Å². The average molecular weight is 515 g/mol. The summed E-state index contributed by atoms with van der Waals surface area (Å²) in [5.74, 6) is 1.03. The van der Waals surface area contributed by atoms with Crippen molar-refractivity contribution in [2.75, 3.05) is 63.2 Å². The molecule has 2 saturated heterocycles. The number of rotatable bonds is 4. The first-order valence-electron chi connectivity index (χ1n) is 12.5. The van der Waals surface area contributed by atoms with E-state index >= 15 is 0 Å². The lowest BCUT2D eigenvalue weighted by molar-refractivity contribution is 0.0281. The summed E-state index contributed by atoms with van der Waals surface area (Å²) in [5.41, 5.74) is 0.975. The van der Waals surface area contributed by atoms with Gasteiger partial charge >= 0.3 is 6.03 Å². The number of benzene rings is 1. The van der Waals surface area contributed by atoms with Crippen molar-refractivity contribution in [3.05, 3.63) is 36.2 Å². The number of piperazine rings is 1. The second-order valence-electron chi connectivity index (χ2n) is 9.64. The normalized spacial score (nSPS) is 20.7. The van der Waals surface area contributed by atoms with Gasteiger partial charge in [-0.25, -0.2) is 18.6 Å². The number of hydrogen-bond acceptors (Lipinski definition) is 7. The lowest BCUT2D eigenvalue weighted by Gasteiger charge is -2.40. The fourth-order valence-electron chi connectivity index (χ4n) is 4.89. The van der Waals surface area contributed by atoms with Crippen LogP contribution >= 0.6 is 0 Å². The Labute approximate surface area is 214 Å². The van der Waals surface area contributed by atoms with Crippen molar-refractivity contribution in [2.45, 2.75) is 32.4 Å². The molecule has 0 aliphatic carbocycles. The molecule has 10 nitrogen and oxygen atoms in total. The van der Waals surface area contributed by atoms with Gasteiger partial charge in [0.2, 0.25) is 5.95 Å². The predicted molar refractivity (Wildman–Crippen MR) is 137 cm³/mol. The molecule has 5 rings (SSSR count). The zero-order valence-corrected chi connectivity index (χ0v) is 21.5. The van der Waals surface area contributed by atoms with Gasteiger partial charge in [0.15, 0.2) is 5.82 Å². The van der Waals surface area contributed by atoms with Crippen molar-refractivity contribution in [3.8, 4) is 5.95 Å². The van der Waals surface area contributed by atoms with E-state index < -0.39 is 12.2 Å². The van der Waals surface area contributed by atoms with E-state index in [4.69, 9.17) is 14.7 Å². The standard InChI is InChI=1S/C25H32F2N8O2/c1-16-17(2)37-14-13-34(16)21-15-20(32-9-11-33(12-10-32)25(36)31(3)4)29-24(30-21)35-19-8-6-5-7-18(19)28-23(35)22(26)27/h5-8,15-17,22H,9-14H2,1-4H3/t16-,17-/m1/s1. The molecule has 12 heteroatoms. The molecule has 1 aromatic carbocycles. The summed E-state index contributed by atoms with van der Waals surface area (Å²) in [6.45, 7) is 7.45. The minimum atomic E-state index is -2.80. The Balaban J connectivity index is 1.59. The number of para-hydroxylation sites is 2. The second kappa shape index (κ2) is 10.1. The van der Waals surface area contributed by atoms with Crippen LogP contribution in [0.4, 0.5) is 25.2 Å². The molecular weight excluding hydrogens is 482 g/mol. The zero-order chi connectivity index (χ0) is 26.3. The van der Waals surface area contributed by atoms with Gasteiger partial charge in [0.25, 0.3) is 6.43 Å². The smallest absolute Gasteiger partial charge is 0.319 e. The number of aromatic nitrogens is 4. The highest BCUT2D eigenvalue weighted by atomic mass is 19.3. The maximum Gasteiger partial charge on any atom is 0.319 e. The van der Waals surface area contributed by atoms with Crippen molar-refractivity contribution in [1.29, 1.82) is 0 Å². The summed E-state index contributed by atoms with van der Waals surface area (Å²) < 4.78 is 35.4. The number of ether oxygens (including phenoxy) is 1. The van der Waals surface area contributed by atoms with E-state index in [-0.39, 0.29) is 24.1 Å². The highest BCUT2D eigenvalue weighted by Crippen LogP contribution is 2.31. The summed E-state index contributed by atoms with van der Waals surface area (Å²) in [4.78, 5) is 33.7. The summed E-state index contributed by atoms with van der Waals surface area (Å²) in [6.07, 6.45) is -2.81. The highest BCUT2D eigenvalue weighted by molar-refractivity contribution is 5.78. The molecule has 2 aliphatic rings. The fraction of sp³-hybridized carbons (Fsp3) is 0.520. The third-order valence-corrected chi connectivity index (χ3v) is 7.10. The maximum absolute atomic E-state index is 14.1. The molecule has 0 radical (unpaired) electrons. The maximum atomic E-state index is 14.1. The van der Waals surface area contributed by atoms with Gasteiger partial charge in [-0.15, -0.1) is 0 Å². The van der Waals surface area contributed by atoms with Crippen molar-refractivity contribution in [2.24, 2.45) is 0 Å². The number of amides is 2. The minimum absolute atomic E-state index is 0.0121. The molecule has 198 valence electrons. The number of morpholine rings is 1. The SMILES string of the molecule is C[C@@H]1[C@@H](C)OCCN1c1cc(N2CCN(C(=O)N(C)C)CC2)nc(-n2c(C(F)F)nc3ccccc32)n1. The molecule has 37 heavy (non-hydrogen) atoms. The van der Waals surface area contributed by atoms with Crippen LogP contribution in [0, 0.1) is 0 Å². The largest absolute Gasteiger partial charge is 0.375 e. The van der Waals surface area contributed by atoms with Crippen LogP contribution in [0.1, 0.15) is 26.1 Å². The Morgan fingerprint density at radius 1 is 1.03 bits per heavy atom. The Kier molecular flexibility index (Phi) is 6.84. The van der Waals surface area contributed by atoms with E-state index in [0.717, 1.165) is 0 Å². The highest BCUT2D eigenvalue weighted by Gasteiger charge is 2.30. The van der Waals surface area contributed by atoms with Crippen molar-refractivity contribution in [3.63, 3.8) is 0 Å². The van der Waals surface area contributed by atoms with Gasteiger partial charge in [-0.1, -0.05) is 12.1 Å². The van der Waals surface area contributed by atoms with Gasteiger partial charge in [-0.2, -0.15) is 9.97 Å². The molecule has 2 fully saturated rings. The number of carbonyl (C=O) groups is 1. The summed E-state index contributed by atoms with van der Waals surface area (Å²) in [7, 11) is 3.47. The van der Waals surface area contributed by atoms with Gasteiger partial charge < -0.3 is 24.3 Å². The number of alkyl halides is 2. The Morgan fingerprint density at radius 3 is 2.43 bits per heavy atom. The first kappa shape index (κ1) is 25.1. The van der Waals surface area contributed by atoms with Crippen LogP contribution in [0.5, 0.6) is 0 Å². The van der Waals surface area contributed by atoms with E-state index in [1.54, 1.807) is 48.2 Å². The number of carbonyl (C=O) groups excluding carboxylic acids is 1. The topological polar surface area (TPSA) is 82.9 Å². The van der Waals surface area contributed by atoms with E-state index in [1.165, 1.54) is 4.57 Å². The number of halogens is 2. The molecule has 0 spiro atoms. The molecule has 0 bridgehead atoms. The average Bonchev–Trinajstić information content (AvgIpc) is 3.30. The van der Waals surface area contributed by atoms with Gasteiger partial charge in [0.05, 0.1) is 29.8 Å². The molecule has 4 heterocycles. The summed E-state index contributed by atoms with van der Waals surface area (Å²) in [6, 6.07) is 8.91. The van der Waals surface area contributed by atoms with E-state index in [1.807, 2.05) is 13.0 Å². The fourth-order valence-corrected chi connectivity index (χ4v) is 4.89. The summed E-state index contributed by atoms with van der Waals surface area (Å²) >= 11 is 0. The van der Waals surface area contributed by atoms with Crippen LogP contribution in [0.15, 0.2) is 30.3 Å². The first-order chi connectivity index (χ1) is 17.7. The molecule has 2 aromatic heterocycles. The van der Waals surface area contributed by atoms with Gasteiger partial charge in [-0.3, -0.25) is 4.57 Å². The number of urea groups is 1. The van der Waals surface area contributed by atoms with E-state index in [2.05, 4.69) is 21.7 Å². The van der Waals surface area contributed by atoms with Crippen LogP contribution in [-0.2, 0) is 4.74 Å². The van der Waals surface area contributed by atoms with Crippen molar-refractivity contribution >= 4 is 28.7 Å². The van der Waals surface area contributed by atoms with Crippen molar-refractivity contribution in [1.82, 2.24) is 29.3 Å². The van der Waals surface area contributed by atoms with Crippen LogP contribution in [-0.4, -0.2) is 101 Å². The van der Waals surface area contributed by atoms with Crippen LogP contribution in [0.3, 0.4) is 0 Å². The minimum Gasteiger partial charge on any atom is -0.375 e. The van der Waals surface area contributed by atoms with E-state index in [0.29, 0.717) is 62.0 Å². The van der Waals surface area contributed by atoms with Gasteiger partial charge in [-0.05, 0) is 26.0 Å². The molecule has 0 unspecified atom stereocenters. The molecule has 2 amide bonds. The molecule has 3 aromatic rings. The Morgan fingerprint density at radius 2 is 1.73 bits per heavy atom. The molecule has 2 atom stereocenters. The monoisotopic (exact) mass is 514 g/mol. The molecular formula is C25H32F2N8O2. The predicted octanol–water partition coefficient (Wildman–Crippen LogP) is 3.17. The summed E-state index contributed by atoms with van der Waals surface area (Å²) in [5, 5.41) is 0. The third-order valence-electron chi connectivity index (χ3n) is 7.10. The van der Waals surface area contributed by atoms with Crippen LogP contribution < -0.4 is 9.80 Å². The van der Waals surface area contributed by atoms with Crippen molar-refractivity contribution < 1.29 is 18.3 Å². The zero-order valence-electron chi connectivity index (χ0n) is 21.5. The first-order valence-corrected chi connectivity index (χ1v) is 12.5. The van der Waals surface area contributed by atoms with Crippen LogP contribution in [0.25, 0.3) is 17.0 Å².